The molecule has 1 saturated heterocycles. The van der Waals surface area contributed by atoms with Gasteiger partial charge in [0.05, 0.1) is 17.1 Å². The Bertz CT molecular complexity index is 1080. The highest BCUT2D eigenvalue weighted by Gasteiger charge is 2.28. The maximum absolute atomic E-state index is 13.0. The van der Waals surface area contributed by atoms with E-state index in [1.54, 1.807) is 44.2 Å². The van der Waals surface area contributed by atoms with Gasteiger partial charge in [-0.05, 0) is 56.8 Å². The van der Waals surface area contributed by atoms with Crippen LogP contribution in [0.1, 0.15) is 33.2 Å². The van der Waals surface area contributed by atoms with E-state index in [9.17, 15) is 18.0 Å². The second kappa shape index (κ2) is 9.59. The first-order chi connectivity index (χ1) is 14.7. The van der Waals surface area contributed by atoms with Crippen molar-refractivity contribution >= 4 is 27.6 Å². The van der Waals surface area contributed by atoms with E-state index < -0.39 is 21.9 Å². The van der Waals surface area contributed by atoms with Crippen LogP contribution in [0.3, 0.4) is 0 Å². The predicted molar refractivity (Wildman–Crippen MR) is 118 cm³/mol. The molecule has 31 heavy (non-hydrogen) atoms. The Labute approximate surface area is 182 Å². The van der Waals surface area contributed by atoms with Crippen LogP contribution in [-0.4, -0.2) is 69.3 Å². The quantitative estimate of drug-likeness (QED) is 0.686. The number of hydrogen-bond acceptors (Lipinski definition) is 6. The van der Waals surface area contributed by atoms with Gasteiger partial charge in [-0.15, -0.1) is 0 Å². The lowest BCUT2D eigenvalue weighted by Crippen LogP contribution is -2.47. The number of ether oxygens (including phenoxy) is 1. The topological polar surface area (TPSA) is 96.0 Å². The summed E-state index contributed by atoms with van der Waals surface area (Å²) in [7, 11) is -1.73. The van der Waals surface area contributed by atoms with Gasteiger partial charge in [-0.3, -0.25) is 4.79 Å². The van der Waals surface area contributed by atoms with Gasteiger partial charge >= 0.3 is 5.97 Å². The lowest BCUT2D eigenvalue weighted by atomic mass is 10.1. The maximum atomic E-state index is 13.0. The molecule has 9 heteroatoms. The van der Waals surface area contributed by atoms with Crippen molar-refractivity contribution in [2.75, 3.05) is 45.2 Å². The minimum atomic E-state index is -3.68. The first kappa shape index (κ1) is 22.9. The average molecular weight is 446 g/mol. The van der Waals surface area contributed by atoms with Crippen molar-refractivity contribution in [1.82, 2.24) is 9.21 Å². The van der Waals surface area contributed by atoms with E-state index in [4.69, 9.17) is 4.74 Å². The van der Waals surface area contributed by atoms with Crippen LogP contribution in [0.15, 0.2) is 47.4 Å². The van der Waals surface area contributed by atoms with E-state index in [-0.39, 0.29) is 17.1 Å². The Morgan fingerprint density at radius 1 is 1.06 bits per heavy atom. The van der Waals surface area contributed by atoms with Crippen molar-refractivity contribution in [2.24, 2.45) is 0 Å². The molecule has 2 aromatic rings. The van der Waals surface area contributed by atoms with Crippen molar-refractivity contribution in [3.05, 3.63) is 59.2 Å². The van der Waals surface area contributed by atoms with Gasteiger partial charge in [-0.2, -0.15) is 4.31 Å². The molecule has 3 rings (SSSR count). The number of esters is 1. The summed E-state index contributed by atoms with van der Waals surface area (Å²) in [6.45, 7) is 5.84. The van der Waals surface area contributed by atoms with Crippen molar-refractivity contribution in [1.29, 1.82) is 0 Å². The van der Waals surface area contributed by atoms with Gasteiger partial charge in [0.25, 0.3) is 5.91 Å². The van der Waals surface area contributed by atoms with Crippen LogP contribution >= 0.6 is 0 Å². The van der Waals surface area contributed by atoms with E-state index in [1.807, 2.05) is 7.05 Å². The number of nitrogens with zero attached hydrogens (tertiary/aromatic N) is 2. The average Bonchev–Trinajstić information content (AvgIpc) is 2.75. The van der Waals surface area contributed by atoms with E-state index in [0.717, 1.165) is 0 Å². The van der Waals surface area contributed by atoms with Crippen LogP contribution in [0.2, 0.25) is 0 Å². The molecule has 166 valence electrons. The fourth-order valence-electron chi connectivity index (χ4n) is 3.37. The molecular formula is C22H27N3O5S. The number of carbonyl (C=O) groups excluding carboxylic acids is 2. The first-order valence-corrected chi connectivity index (χ1v) is 11.5. The second-order valence-corrected chi connectivity index (χ2v) is 9.33. The van der Waals surface area contributed by atoms with Crippen molar-refractivity contribution in [3.8, 4) is 0 Å². The third-order valence-electron chi connectivity index (χ3n) is 5.27. The molecule has 1 aliphatic rings. The summed E-state index contributed by atoms with van der Waals surface area (Å²) in [5.41, 5.74) is 1.63. The van der Waals surface area contributed by atoms with Gasteiger partial charge in [-0.1, -0.05) is 12.1 Å². The van der Waals surface area contributed by atoms with Gasteiger partial charge in [0.2, 0.25) is 10.0 Å². The van der Waals surface area contributed by atoms with Crippen LogP contribution < -0.4 is 5.32 Å². The van der Waals surface area contributed by atoms with E-state index >= 15 is 0 Å². The molecule has 8 nitrogen and oxygen atoms in total. The lowest BCUT2D eigenvalue weighted by molar-refractivity contribution is 0.0525. The molecule has 0 bridgehead atoms. The highest BCUT2D eigenvalue weighted by molar-refractivity contribution is 7.89. The monoisotopic (exact) mass is 445 g/mol. The molecule has 1 amide bonds. The molecule has 0 atom stereocenters. The highest BCUT2D eigenvalue weighted by atomic mass is 32.2. The smallest absolute Gasteiger partial charge is 0.338 e. The number of carbonyl (C=O) groups is 2. The second-order valence-electron chi connectivity index (χ2n) is 7.39. The summed E-state index contributed by atoms with van der Waals surface area (Å²) < 4.78 is 32.5. The molecule has 1 heterocycles. The van der Waals surface area contributed by atoms with E-state index in [2.05, 4.69) is 10.2 Å². The molecule has 0 aliphatic carbocycles. The Balaban J connectivity index is 1.81. The number of rotatable bonds is 6. The molecule has 0 unspecified atom stereocenters. The maximum Gasteiger partial charge on any atom is 0.338 e. The zero-order valence-corrected chi connectivity index (χ0v) is 18.7. The summed E-state index contributed by atoms with van der Waals surface area (Å²) >= 11 is 0. The van der Waals surface area contributed by atoms with Crippen LogP contribution in [-0.2, 0) is 14.8 Å². The van der Waals surface area contributed by atoms with Crippen LogP contribution in [0.5, 0.6) is 0 Å². The molecule has 0 radical (unpaired) electrons. The Morgan fingerprint density at radius 3 is 2.42 bits per heavy atom. The number of hydrogen-bond donors (Lipinski definition) is 1. The number of sulfonamides is 1. The molecule has 0 saturated carbocycles. The zero-order valence-electron chi connectivity index (χ0n) is 17.9. The fourth-order valence-corrected chi connectivity index (χ4v) is 4.84. The van der Waals surface area contributed by atoms with Crippen molar-refractivity contribution in [3.63, 3.8) is 0 Å². The summed E-state index contributed by atoms with van der Waals surface area (Å²) in [6, 6.07) is 11.0. The molecule has 0 aromatic heterocycles. The SMILES string of the molecule is CCOC(=O)c1cccc(NC(=O)c2cccc(S(=O)(=O)N3CCN(C)CC3)c2)c1C. The van der Waals surface area contributed by atoms with Gasteiger partial charge < -0.3 is 15.0 Å². The molecule has 2 aromatic carbocycles. The minimum absolute atomic E-state index is 0.0849. The minimum Gasteiger partial charge on any atom is -0.462 e. The first-order valence-electron chi connectivity index (χ1n) is 10.1. The highest BCUT2D eigenvalue weighted by Crippen LogP contribution is 2.22. The summed E-state index contributed by atoms with van der Waals surface area (Å²) in [5, 5.41) is 2.77. The Hall–Kier alpha value is -2.75. The molecule has 1 aliphatic heterocycles. The third-order valence-corrected chi connectivity index (χ3v) is 7.17. The molecule has 1 N–H and O–H groups in total. The Morgan fingerprint density at radius 2 is 1.74 bits per heavy atom. The number of amides is 1. The summed E-state index contributed by atoms with van der Waals surface area (Å²) in [5.74, 6) is -0.920. The number of benzene rings is 2. The summed E-state index contributed by atoms with van der Waals surface area (Å²) in [6.07, 6.45) is 0. The normalized spacial score (nSPS) is 15.5. The van der Waals surface area contributed by atoms with Crippen LogP contribution in [0.4, 0.5) is 5.69 Å². The van der Waals surface area contributed by atoms with Gasteiger partial charge in [-0.25, -0.2) is 13.2 Å². The van der Waals surface area contributed by atoms with Crippen LogP contribution in [0.25, 0.3) is 0 Å². The van der Waals surface area contributed by atoms with Gasteiger partial charge in [0, 0.05) is 37.4 Å². The third kappa shape index (κ3) is 5.12. The fraction of sp³-hybridized carbons (Fsp3) is 0.364. The van der Waals surface area contributed by atoms with Gasteiger partial charge in [0.1, 0.15) is 0 Å². The molecular weight excluding hydrogens is 418 g/mol. The number of likely N-dealkylation sites (N-methyl/N-ethyl adjacent to an activating group) is 1. The summed E-state index contributed by atoms with van der Waals surface area (Å²) in [4.78, 5) is 27.1. The van der Waals surface area contributed by atoms with E-state index in [0.29, 0.717) is 43.0 Å². The number of anilines is 1. The van der Waals surface area contributed by atoms with Crippen molar-refractivity contribution < 1.29 is 22.7 Å². The van der Waals surface area contributed by atoms with E-state index in [1.165, 1.54) is 16.4 Å². The standard InChI is InChI=1S/C22H27N3O5S/c1-4-30-22(27)19-9-6-10-20(16(19)2)23-21(26)17-7-5-8-18(15-17)31(28,29)25-13-11-24(3)12-14-25/h5-10,15H,4,11-14H2,1-3H3,(H,23,26). The van der Waals surface area contributed by atoms with Crippen molar-refractivity contribution in [2.45, 2.75) is 18.7 Å². The molecule has 1 fully saturated rings. The predicted octanol–water partition coefficient (Wildman–Crippen LogP) is 2.36. The lowest BCUT2D eigenvalue weighted by Gasteiger charge is -2.31. The zero-order chi connectivity index (χ0) is 22.6. The van der Waals surface area contributed by atoms with Gasteiger partial charge in [0.15, 0.2) is 0 Å². The number of nitrogens with one attached hydrogen (secondary N) is 1. The van der Waals surface area contributed by atoms with Crippen LogP contribution in [0, 0.1) is 6.92 Å². The Kier molecular flexibility index (Phi) is 7.09. The molecule has 0 spiro atoms. The largest absolute Gasteiger partial charge is 0.462 e. The number of piperazine rings is 1.